The predicted octanol–water partition coefficient (Wildman–Crippen LogP) is 5.29. The average molecular weight is 352 g/mol. The van der Waals surface area contributed by atoms with Crippen molar-refractivity contribution in [2.24, 2.45) is 0 Å². The third kappa shape index (κ3) is 4.37. The largest absolute Gasteiger partial charge is 0.354 e. The molecule has 126 valence electrons. The number of pyridine rings is 1. The maximum absolute atomic E-state index is 12.4. The number of rotatable bonds is 5. The van der Waals surface area contributed by atoms with Crippen LogP contribution < -0.4 is 10.6 Å². The summed E-state index contributed by atoms with van der Waals surface area (Å²) in [4.78, 5) is 16.6. The molecule has 1 amide bonds. The van der Waals surface area contributed by atoms with Crippen LogP contribution in [-0.4, -0.2) is 10.9 Å². The highest BCUT2D eigenvalue weighted by molar-refractivity contribution is 6.30. The van der Waals surface area contributed by atoms with E-state index in [2.05, 4.69) is 28.6 Å². The fourth-order valence-electron chi connectivity index (χ4n) is 2.48. The molecule has 0 saturated carbocycles. The van der Waals surface area contributed by atoms with Crippen LogP contribution in [-0.2, 0) is 6.42 Å². The Bertz CT molecular complexity index is 878. The van der Waals surface area contributed by atoms with Crippen LogP contribution >= 0.6 is 11.6 Å². The molecule has 0 spiro atoms. The van der Waals surface area contributed by atoms with Gasteiger partial charge in [0, 0.05) is 22.6 Å². The van der Waals surface area contributed by atoms with E-state index in [0.717, 1.165) is 17.8 Å². The fraction of sp³-hybridized carbons (Fsp3) is 0.100. The lowest BCUT2D eigenvalue weighted by molar-refractivity contribution is 0.102. The number of benzene rings is 2. The maximum Gasteiger partial charge on any atom is 0.257 e. The van der Waals surface area contributed by atoms with Crippen molar-refractivity contribution in [3.63, 3.8) is 0 Å². The summed E-state index contributed by atoms with van der Waals surface area (Å²) in [7, 11) is 0. The van der Waals surface area contributed by atoms with Crippen molar-refractivity contribution in [2.75, 3.05) is 10.6 Å². The first-order chi connectivity index (χ1) is 12.2. The Labute approximate surface area is 151 Å². The van der Waals surface area contributed by atoms with Crippen LogP contribution in [0.4, 0.5) is 17.1 Å². The van der Waals surface area contributed by atoms with Gasteiger partial charge in [0.1, 0.15) is 0 Å². The van der Waals surface area contributed by atoms with E-state index in [-0.39, 0.29) is 5.91 Å². The molecule has 5 heteroatoms. The Morgan fingerprint density at radius 1 is 1.04 bits per heavy atom. The zero-order chi connectivity index (χ0) is 17.6. The van der Waals surface area contributed by atoms with Gasteiger partial charge >= 0.3 is 0 Å². The number of nitrogens with zero attached hydrogens (tertiary/aromatic N) is 1. The van der Waals surface area contributed by atoms with Crippen LogP contribution in [0.15, 0.2) is 67.0 Å². The van der Waals surface area contributed by atoms with Crippen LogP contribution in [0, 0.1) is 0 Å². The molecule has 4 nitrogen and oxygen atoms in total. The van der Waals surface area contributed by atoms with Gasteiger partial charge in [0.25, 0.3) is 5.91 Å². The van der Waals surface area contributed by atoms with Crippen molar-refractivity contribution in [3.8, 4) is 0 Å². The number of halogens is 1. The van der Waals surface area contributed by atoms with Gasteiger partial charge < -0.3 is 10.6 Å². The minimum absolute atomic E-state index is 0.220. The lowest BCUT2D eigenvalue weighted by Crippen LogP contribution is -2.12. The number of aromatic nitrogens is 1. The number of hydrogen-bond donors (Lipinski definition) is 2. The predicted molar refractivity (Wildman–Crippen MR) is 103 cm³/mol. The molecule has 3 rings (SSSR count). The lowest BCUT2D eigenvalue weighted by Gasteiger charge is -2.11. The van der Waals surface area contributed by atoms with Gasteiger partial charge in [-0.3, -0.25) is 9.78 Å². The molecule has 25 heavy (non-hydrogen) atoms. The monoisotopic (exact) mass is 351 g/mol. The van der Waals surface area contributed by atoms with Crippen molar-refractivity contribution < 1.29 is 4.79 Å². The van der Waals surface area contributed by atoms with E-state index in [1.165, 1.54) is 5.56 Å². The van der Waals surface area contributed by atoms with Gasteiger partial charge in [-0.2, -0.15) is 0 Å². The highest BCUT2D eigenvalue weighted by atomic mass is 35.5. The van der Waals surface area contributed by atoms with E-state index in [9.17, 15) is 4.79 Å². The first-order valence-electron chi connectivity index (χ1n) is 8.02. The number of aryl methyl sites for hydroxylation is 1. The standard InChI is InChI=1S/C20H18ClN3O/c1-2-14-5-3-4-6-19(14)23-18-11-15(12-22-13-18)20(25)24-17-9-7-16(21)8-10-17/h3-13,23H,2H2,1H3,(H,24,25). The minimum Gasteiger partial charge on any atom is -0.354 e. The zero-order valence-electron chi connectivity index (χ0n) is 13.8. The molecule has 3 aromatic rings. The molecule has 0 saturated heterocycles. The summed E-state index contributed by atoms with van der Waals surface area (Å²) in [5.74, 6) is -0.220. The molecule has 0 bridgehead atoms. The number of anilines is 3. The maximum atomic E-state index is 12.4. The van der Waals surface area contributed by atoms with Crippen LogP contribution in [0.1, 0.15) is 22.8 Å². The first-order valence-corrected chi connectivity index (χ1v) is 8.40. The molecule has 2 N–H and O–H groups in total. The number of para-hydroxylation sites is 1. The molecular weight excluding hydrogens is 334 g/mol. The molecule has 0 fully saturated rings. The second-order valence-electron chi connectivity index (χ2n) is 5.56. The molecule has 0 radical (unpaired) electrons. The molecule has 0 aliphatic heterocycles. The van der Waals surface area contributed by atoms with E-state index in [1.54, 1.807) is 42.7 Å². The van der Waals surface area contributed by atoms with Crippen molar-refractivity contribution in [2.45, 2.75) is 13.3 Å². The van der Waals surface area contributed by atoms with Crippen molar-refractivity contribution in [1.29, 1.82) is 0 Å². The molecular formula is C20H18ClN3O. The van der Waals surface area contributed by atoms with Crippen molar-refractivity contribution in [3.05, 3.63) is 83.1 Å². The van der Waals surface area contributed by atoms with Gasteiger partial charge in [-0.25, -0.2) is 0 Å². The van der Waals surface area contributed by atoms with E-state index >= 15 is 0 Å². The fourth-order valence-corrected chi connectivity index (χ4v) is 2.60. The van der Waals surface area contributed by atoms with E-state index in [0.29, 0.717) is 16.3 Å². The summed E-state index contributed by atoms with van der Waals surface area (Å²) in [6.07, 6.45) is 4.17. The summed E-state index contributed by atoms with van der Waals surface area (Å²) in [5.41, 5.74) is 4.16. The Morgan fingerprint density at radius 2 is 1.80 bits per heavy atom. The topological polar surface area (TPSA) is 54.0 Å². The van der Waals surface area contributed by atoms with Gasteiger partial charge in [0.05, 0.1) is 17.4 Å². The third-order valence-electron chi connectivity index (χ3n) is 3.78. The summed E-state index contributed by atoms with van der Waals surface area (Å²) >= 11 is 5.86. The number of amides is 1. The van der Waals surface area contributed by atoms with Crippen molar-refractivity contribution >= 4 is 34.6 Å². The van der Waals surface area contributed by atoms with Gasteiger partial charge in [-0.1, -0.05) is 36.7 Å². The van der Waals surface area contributed by atoms with Crippen LogP contribution in [0.5, 0.6) is 0 Å². The highest BCUT2D eigenvalue weighted by Gasteiger charge is 2.08. The average Bonchev–Trinajstić information content (AvgIpc) is 2.64. The molecule has 0 unspecified atom stereocenters. The van der Waals surface area contributed by atoms with Crippen LogP contribution in [0.2, 0.25) is 5.02 Å². The Balaban J connectivity index is 1.76. The highest BCUT2D eigenvalue weighted by Crippen LogP contribution is 2.22. The van der Waals surface area contributed by atoms with Gasteiger partial charge in [0.2, 0.25) is 0 Å². The molecule has 1 heterocycles. The van der Waals surface area contributed by atoms with E-state index in [1.807, 2.05) is 18.2 Å². The molecule has 1 aromatic heterocycles. The zero-order valence-corrected chi connectivity index (χ0v) is 14.5. The van der Waals surface area contributed by atoms with Gasteiger partial charge in [-0.15, -0.1) is 0 Å². The third-order valence-corrected chi connectivity index (χ3v) is 4.03. The normalized spacial score (nSPS) is 10.3. The van der Waals surface area contributed by atoms with Gasteiger partial charge in [-0.05, 0) is 48.4 Å². The van der Waals surface area contributed by atoms with E-state index in [4.69, 9.17) is 11.6 Å². The molecule has 0 aliphatic rings. The van der Waals surface area contributed by atoms with Crippen LogP contribution in [0.25, 0.3) is 0 Å². The molecule has 0 aliphatic carbocycles. The number of carbonyl (C=O) groups is 1. The van der Waals surface area contributed by atoms with Gasteiger partial charge in [0.15, 0.2) is 0 Å². The SMILES string of the molecule is CCc1ccccc1Nc1cncc(C(=O)Nc2ccc(Cl)cc2)c1. The van der Waals surface area contributed by atoms with E-state index < -0.39 is 0 Å². The summed E-state index contributed by atoms with van der Waals surface area (Å²) in [6.45, 7) is 2.11. The first kappa shape index (κ1) is 17.0. The Morgan fingerprint density at radius 3 is 2.56 bits per heavy atom. The molecule has 2 aromatic carbocycles. The minimum atomic E-state index is -0.220. The smallest absolute Gasteiger partial charge is 0.257 e. The number of hydrogen-bond acceptors (Lipinski definition) is 3. The summed E-state index contributed by atoms with van der Waals surface area (Å²) < 4.78 is 0. The Kier molecular flexibility index (Phi) is 5.31. The number of nitrogens with one attached hydrogen (secondary N) is 2. The molecule has 0 atom stereocenters. The second kappa shape index (κ2) is 7.81. The van der Waals surface area contributed by atoms with Crippen molar-refractivity contribution in [1.82, 2.24) is 4.98 Å². The number of carbonyl (C=O) groups excluding carboxylic acids is 1. The lowest BCUT2D eigenvalue weighted by atomic mass is 10.1. The summed E-state index contributed by atoms with van der Waals surface area (Å²) in [6, 6.07) is 16.8. The van der Waals surface area contributed by atoms with Crippen LogP contribution in [0.3, 0.4) is 0 Å². The quantitative estimate of drug-likeness (QED) is 0.656. The Hall–Kier alpha value is -2.85. The summed E-state index contributed by atoms with van der Waals surface area (Å²) in [5, 5.41) is 6.79. The second-order valence-corrected chi connectivity index (χ2v) is 6.00.